The first-order valence-corrected chi connectivity index (χ1v) is 49.3. The lowest BCUT2D eigenvalue weighted by Crippen LogP contribution is -2.37. The summed E-state index contributed by atoms with van der Waals surface area (Å²) in [5.74, 6) is 1.92. The van der Waals surface area contributed by atoms with Crippen LogP contribution in [0.15, 0.2) is 241 Å². The number of ether oxygens (including phenoxy) is 3. The lowest BCUT2D eigenvalue weighted by Gasteiger charge is -2.30. The van der Waals surface area contributed by atoms with Gasteiger partial charge >= 0.3 is 0 Å². The number of para-hydroxylation sites is 8. The van der Waals surface area contributed by atoms with E-state index in [4.69, 9.17) is 45.7 Å². The summed E-state index contributed by atoms with van der Waals surface area (Å²) in [6.45, 7) is 63.9. The molecule has 9 aromatic carbocycles. The number of aryl methyl sites for hydroxylation is 3. The molecule has 0 unspecified atom stereocenters. The van der Waals surface area contributed by atoms with Gasteiger partial charge in [-0.25, -0.2) is 24.9 Å². The molecule has 1 saturated heterocycles. The number of hydrogen-bond donors (Lipinski definition) is 0. The van der Waals surface area contributed by atoms with Crippen molar-refractivity contribution >= 4 is 131 Å². The first-order chi connectivity index (χ1) is 63.7. The molecule has 21 rings (SSSR count). The highest BCUT2D eigenvalue weighted by Gasteiger charge is 2.33. The van der Waals surface area contributed by atoms with Crippen molar-refractivity contribution in [2.24, 2.45) is 0 Å². The molecule has 0 atom stereocenters. The zero-order valence-electron chi connectivity index (χ0n) is 84.8. The van der Waals surface area contributed by atoms with Crippen molar-refractivity contribution in [1.82, 2.24) is 39.9 Å². The van der Waals surface area contributed by atoms with Crippen molar-refractivity contribution in [2.75, 3.05) is 37.8 Å². The Morgan fingerprint density at radius 1 is 0.304 bits per heavy atom. The van der Waals surface area contributed by atoms with E-state index in [1.807, 2.05) is 49.5 Å². The minimum atomic E-state index is 0.113. The van der Waals surface area contributed by atoms with Crippen LogP contribution in [0, 0.1) is 13.8 Å². The van der Waals surface area contributed by atoms with Gasteiger partial charge in [0, 0.05) is 102 Å². The molecule has 8 aromatic heterocycles. The Morgan fingerprint density at radius 2 is 0.689 bits per heavy atom. The quantitative estimate of drug-likeness (QED) is 0.114. The van der Waals surface area contributed by atoms with E-state index in [9.17, 15) is 0 Å². The second-order valence-electron chi connectivity index (χ2n) is 44.6. The largest absolute Gasteiger partial charge is 0.477 e. The van der Waals surface area contributed by atoms with Crippen molar-refractivity contribution in [3.63, 3.8) is 0 Å². The Bertz CT molecular complexity index is 6850. The average molecular weight is 1880 g/mol. The van der Waals surface area contributed by atoms with Crippen LogP contribution in [-0.2, 0) is 85.3 Å². The lowest BCUT2D eigenvalue weighted by atomic mass is 9.81. The van der Waals surface area contributed by atoms with E-state index in [-0.39, 0.29) is 43.3 Å². The SMILES string of the molecule is CC(C)(C)c1c2c(nc3ccccc13)CCC2.CC(C)(C)c1c2c(nc3ccccc13)COC2.CC(C)(C)c1c2c(nc3ccccc13)OCC2.CC(C)(C)c1c2ccccc2nc2ccccc12.CC(C)(C)c1cc(Br)nc2ccccc12.CC(C)(C)c1cc(N2CCOCC2)nc2ccccc12.Cc1cc(C(C)(C)C)c2ccc(Cl)cc2n1.Cc1cnc2ccccc2c1C(C)(C)C. The highest BCUT2D eigenvalue weighted by molar-refractivity contribution is 9.10. The summed E-state index contributed by atoms with van der Waals surface area (Å²) in [6.07, 6.45) is 6.59. The fourth-order valence-corrected chi connectivity index (χ4v) is 20.4. The maximum Gasteiger partial charge on any atom is 0.217 e. The molecule has 0 bridgehead atoms. The van der Waals surface area contributed by atoms with Crippen LogP contribution < -0.4 is 9.64 Å². The van der Waals surface area contributed by atoms with Gasteiger partial charge in [-0.1, -0.05) is 329 Å². The van der Waals surface area contributed by atoms with Gasteiger partial charge in [-0.15, -0.1) is 0 Å². The van der Waals surface area contributed by atoms with Crippen LogP contribution in [0.2, 0.25) is 5.02 Å². The number of anilines is 1. The molecule has 11 heterocycles. The summed E-state index contributed by atoms with van der Waals surface area (Å²) >= 11 is 9.46. The highest BCUT2D eigenvalue weighted by Crippen LogP contribution is 2.44. The standard InChI is InChI=1S/C17H22N2O.C17H17N.C16H19N.2C15H17NO.C14H16ClN.C14H17N.C13H14BrN/c1-17(2,3)14-12-16(19-8-10-20-11-9-19)18-15-7-5-4-6-13(14)15;1-17(2,3)16-12-8-4-6-10-14(12)18-15-11-7-5-9-13(15)16;1-16(2,3)15-11-7-4-5-9-13(11)17-14-10-6-8-12(14)15;1-15(2,3)14-10-6-4-5-7-12(10)16-13-9-17-8-11(13)14;1-15(2,3)13-10-6-4-5-7-12(10)16-14-11(13)8-9-17-14;1-9-7-12(14(2,3)4)11-6-5-10(15)8-13(11)16-9;1-10-9-15-12-8-6-5-7-11(12)13(10)14(2,3)4;1-13(2,3)10-8-12(14)15-11-7-5-4-6-9(10)11/h4-7,12H,8-11H2,1-3H3;4-11H,1-3H3;4-5,7,9H,6,8,10H2,1-3H3;2*4-7H,8-9H2,1-3H3;5-8H,1-4H3;5-9H,1-4H3;4-8H,1-3H3. The van der Waals surface area contributed by atoms with Crippen LogP contribution in [0.5, 0.6) is 5.88 Å². The number of pyridine rings is 8. The number of benzene rings is 9. The minimum absolute atomic E-state index is 0.113. The van der Waals surface area contributed by atoms with E-state index in [1.165, 1.54) is 134 Å². The smallest absolute Gasteiger partial charge is 0.217 e. The first-order valence-electron chi connectivity index (χ1n) is 48.1. The molecule has 700 valence electrons. The predicted molar refractivity (Wildman–Crippen MR) is 576 cm³/mol. The Kier molecular flexibility index (Phi) is 30.0. The third kappa shape index (κ3) is 23.4. The molecule has 0 spiro atoms. The van der Waals surface area contributed by atoms with Gasteiger partial charge in [-0.2, -0.15) is 0 Å². The van der Waals surface area contributed by atoms with Gasteiger partial charge in [0.2, 0.25) is 5.88 Å². The van der Waals surface area contributed by atoms with Gasteiger partial charge in [0.05, 0.1) is 88.4 Å². The van der Waals surface area contributed by atoms with Gasteiger partial charge < -0.3 is 19.1 Å². The Hall–Kier alpha value is -11.2. The number of nitrogens with zero attached hydrogens (tertiary/aromatic N) is 9. The summed E-state index contributed by atoms with van der Waals surface area (Å²) in [4.78, 5) is 39.5. The number of fused-ring (bicyclic) bond motifs is 12. The molecule has 0 amide bonds. The van der Waals surface area contributed by atoms with E-state index >= 15 is 0 Å². The van der Waals surface area contributed by atoms with Crippen molar-refractivity contribution in [2.45, 2.75) is 262 Å². The molecule has 0 N–H and O–H groups in total. The van der Waals surface area contributed by atoms with Gasteiger partial charge in [0.25, 0.3) is 0 Å². The molecule has 1 aliphatic carbocycles. The van der Waals surface area contributed by atoms with E-state index in [0.717, 1.165) is 128 Å². The minimum Gasteiger partial charge on any atom is -0.477 e. The summed E-state index contributed by atoms with van der Waals surface area (Å²) in [5, 5.41) is 12.1. The third-order valence-corrected chi connectivity index (χ3v) is 26.0. The van der Waals surface area contributed by atoms with Crippen LogP contribution in [0.4, 0.5) is 5.82 Å². The molecule has 3 aliphatic heterocycles. The fraction of sp³-hybridized carbons (Fsp3) is 0.372. The summed E-state index contributed by atoms with van der Waals surface area (Å²) in [7, 11) is 0. The average Bonchev–Trinajstić information content (AvgIpc) is 1.23. The molecular weight excluding hydrogens is 1740 g/mol. The van der Waals surface area contributed by atoms with Crippen LogP contribution >= 0.6 is 27.5 Å². The van der Waals surface area contributed by atoms with Gasteiger partial charge in [0.15, 0.2) is 0 Å². The highest BCUT2D eigenvalue weighted by atomic mass is 79.9. The normalized spacial score (nSPS) is 13.9. The van der Waals surface area contributed by atoms with Crippen LogP contribution in [0.1, 0.15) is 256 Å². The fourth-order valence-electron chi connectivity index (χ4n) is 19.8. The van der Waals surface area contributed by atoms with Crippen molar-refractivity contribution < 1.29 is 14.2 Å². The molecule has 17 aromatic rings. The molecular formula is C121H139BrClN9O3. The summed E-state index contributed by atoms with van der Waals surface area (Å²) < 4.78 is 17.5. The summed E-state index contributed by atoms with van der Waals surface area (Å²) in [6, 6.07) is 79.6. The van der Waals surface area contributed by atoms with E-state index < -0.39 is 0 Å². The van der Waals surface area contributed by atoms with Gasteiger partial charge in [0.1, 0.15) is 10.4 Å². The molecule has 0 radical (unpaired) electrons. The monoisotopic (exact) mass is 1880 g/mol. The zero-order chi connectivity index (χ0) is 97.1. The lowest BCUT2D eigenvalue weighted by molar-refractivity contribution is 0.122. The number of rotatable bonds is 1. The molecule has 4 aliphatic rings. The maximum absolute atomic E-state index is 6.00. The number of morpholine rings is 1. The topological polar surface area (TPSA) is 134 Å². The zero-order valence-corrected chi connectivity index (χ0v) is 87.1. The Labute approximate surface area is 815 Å². The van der Waals surface area contributed by atoms with Gasteiger partial charge in [-0.3, -0.25) is 15.0 Å². The number of hydrogen-bond acceptors (Lipinski definition) is 12. The van der Waals surface area contributed by atoms with Crippen LogP contribution in [0.3, 0.4) is 0 Å². The van der Waals surface area contributed by atoms with Crippen molar-refractivity contribution in [1.29, 1.82) is 0 Å². The van der Waals surface area contributed by atoms with Crippen molar-refractivity contribution in [3.05, 3.63) is 330 Å². The third-order valence-electron chi connectivity index (χ3n) is 25.4. The Balaban J connectivity index is 0.000000124. The predicted octanol–water partition coefficient (Wildman–Crippen LogP) is 31.7. The first kappa shape index (κ1) is 99.8. The molecule has 12 nitrogen and oxygen atoms in total. The van der Waals surface area contributed by atoms with E-state index in [2.05, 4.69) is 408 Å². The molecule has 135 heavy (non-hydrogen) atoms. The summed E-state index contributed by atoms with van der Waals surface area (Å²) in [5.41, 5.74) is 30.9. The van der Waals surface area contributed by atoms with E-state index in [0.29, 0.717) is 13.2 Å². The van der Waals surface area contributed by atoms with Crippen LogP contribution in [-0.4, -0.2) is 72.8 Å². The molecule has 14 heteroatoms. The maximum atomic E-state index is 6.00. The van der Waals surface area contributed by atoms with Crippen LogP contribution in [0.25, 0.3) is 98.1 Å². The second kappa shape index (κ2) is 40.6. The Morgan fingerprint density at radius 3 is 1.17 bits per heavy atom. The van der Waals surface area contributed by atoms with Crippen molar-refractivity contribution in [3.8, 4) is 5.88 Å². The number of aromatic nitrogens is 8. The molecule has 0 saturated carbocycles. The van der Waals surface area contributed by atoms with Gasteiger partial charge in [-0.05, 0) is 227 Å². The second-order valence-corrected chi connectivity index (χ2v) is 45.8. The van der Waals surface area contributed by atoms with E-state index in [1.54, 1.807) is 0 Å². The number of halogens is 2. The molecule has 1 fully saturated rings.